The van der Waals surface area contributed by atoms with Gasteiger partial charge in [0.15, 0.2) is 5.82 Å². The van der Waals surface area contributed by atoms with E-state index in [4.69, 9.17) is 14.7 Å². The minimum absolute atomic E-state index is 0.842. The normalized spacial score (nSPS) is 17.6. The molecule has 152 valence electrons. The van der Waals surface area contributed by atoms with E-state index in [-0.39, 0.29) is 0 Å². The van der Waals surface area contributed by atoms with E-state index < -0.39 is 0 Å². The van der Waals surface area contributed by atoms with Gasteiger partial charge in [-0.1, -0.05) is 17.8 Å². The molecule has 0 radical (unpaired) electrons. The summed E-state index contributed by atoms with van der Waals surface area (Å²) in [7, 11) is 0. The summed E-state index contributed by atoms with van der Waals surface area (Å²) in [4.78, 5) is 15.7. The number of nitrogens with one attached hydrogen (secondary N) is 1. The number of fused-ring (bicyclic) bond motifs is 3. The number of quaternary nitrogens is 1. The number of aromatic nitrogens is 2. The van der Waals surface area contributed by atoms with Crippen LogP contribution in [0.25, 0.3) is 10.2 Å². The first-order chi connectivity index (χ1) is 14.2. The second-order valence-corrected chi connectivity index (χ2v) is 10.4. The molecule has 6 heteroatoms. The molecule has 1 aromatic carbocycles. The highest BCUT2D eigenvalue weighted by molar-refractivity contribution is 7.99. The van der Waals surface area contributed by atoms with E-state index in [0.717, 1.165) is 43.7 Å². The van der Waals surface area contributed by atoms with Crippen molar-refractivity contribution in [3.05, 3.63) is 45.6 Å². The minimum Gasteiger partial charge on any atom is -0.370 e. The molecule has 4 nitrogen and oxygen atoms in total. The third-order valence-corrected chi connectivity index (χ3v) is 8.29. The predicted molar refractivity (Wildman–Crippen MR) is 119 cm³/mol. The molecular weight excluding hydrogens is 398 g/mol. The molecule has 2 aliphatic rings. The maximum Gasteiger partial charge on any atom is 0.186 e. The molecule has 0 saturated carbocycles. The standard InChI is InChI=1S/C23H27N3OS2/c1-15-7-8-17(13-16(15)2)28-22-21-18-5-3-4-6-19(18)29-23(21)25-20(24-22)14-26-9-11-27-12-10-26/h7-8,13H,3-6,9-12,14H2,1-2H3/p+1. The van der Waals surface area contributed by atoms with Gasteiger partial charge in [0.25, 0.3) is 0 Å². The monoisotopic (exact) mass is 426 g/mol. The summed E-state index contributed by atoms with van der Waals surface area (Å²) in [5.74, 6) is 0.985. The fourth-order valence-corrected chi connectivity index (χ4v) is 6.68. The zero-order valence-electron chi connectivity index (χ0n) is 17.2. The second-order valence-electron chi connectivity index (χ2n) is 8.22. The Morgan fingerprint density at radius 3 is 2.72 bits per heavy atom. The first-order valence-electron chi connectivity index (χ1n) is 10.6. The van der Waals surface area contributed by atoms with Crippen LogP contribution in [0.2, 0.25) is 0 Å². The highest BCUT2D eigenvalue weighted by atomic mass is 32.2. The summed E-state index contributed by atoms with van der Waals surface area (Å²) in [6.07, 6.45) is 4.96. The summed E-state index contributed by atoms with van der Waals surface area (Å²) < 4.78 is 5.52. The van der Waals surface area contributed by atoms with Crippen LogP contribution in [0, 0.1) is 13.8 Å². The van der Waals surface area contributed by atoms with Crippen LogP contribution in [-0.4, -0.2) is 36.3 Å². The first-order valence-corrected chi connectivity index (χ1v) is 12.3. The van der Waals surface area contributed by atoms with Gasteiger partial charge in [-0.3, -0.25) is 0 Å². The maximum absolute atomic E-state index is 5.52. The van der Waals surface area contributed by atoms with Gasteiger partial charge >= 0.3 is 0 Å². The van der Waals surface area contributed by atoms with E-state index in [0.29, 0.717) is 0 Å². The molecule has 0 atom stereocenters. The van der Waals surface area contributed by atoms with Gasteiger partial charge in [-0.05, 0) is 68.4 Å². The molecular formula is C23H28N3OS2+. The molecule has 0 spiro atoms. The molecule has 1 aliphatic carbocycles. The lowest BCUT2D eigenvalue weighted by molar-refractivity contribution is -0.922. The summed E-state index contributed by atoms with van der Waals surface area (Å²) >= 11 is 3.72. The van der Waals surface area contributed by atoms with Crippen LogP contribution in [-0.2, 0) is 24.1 Å². The third-order valence-electron chi connectivity index (χ3n) is 6.13. The summed E-state index contributed by atoms with van der Waals surface area (Å²) in [6.45, 7) is 9.02. The molecule has 1 saturated heterocycles. The Labute approximate surface area is 180 Å². The SMILES string of the molecule is Cc1ccc(Sc2nc(C[NH+]3CCOCC3)nc3sc4c(c23)CCCC4)cc1C. The zero-order valence-corrected chi connectivity index (χ0v) is 18.8. The Morgan fingerprint density at radius 1 is 1.07 bits per heavy atom. The predicted octanol–water partition coefficient (Wildman–Crippen LogP) is 3.75. The van der Waals surface area contributed by atoms with E-state index in [1.165, 1.54) is 62.4 Å². The molecule has 5 rings (SSSR count). The number of rotatable bonds is 4. The van der Waals surface area contributed by atoms with Crippen molar-refractivity contribution in [3.63, 3.8) is 0 Å². The molecule has 2 aromatic heterocycles. The van der Waals surface area contributed by atoms with E-state index >= 15 is 0 Å². The Balaban J connectivity index is 1.56. The molecule has 3 aromatic rings. The molecule has 29 heavy (non-hydrogen) atoms. The van der Waals surface area contributed by atoms with E-state index in [1.807, 2.05) is 23.1 Å². The number of thiophene rings is 1. The number of morpholine rings is 1. The molecule has 0 amide bonds. The highest BCUT2D eigenvalue weighted by Gasteiger charge is 2.23. The molecule has 0 bridgehead atoms. The molecule has 0 unspecified atom stereocenters. The van der Waals surface area contributed by atoms with Crippen molar-refractivity contribution in [2.24, 2.45) is 0 Å². The largest absolute Gasteiger partial charge is 0.370 e. The lowest BCUT2D eigenvalue weighted by Crippen LogP contribution is -3.12. The Morgan fingerprint density at radius 2 is 1.90 bits per heavy atom. The van der Waals surface area contributed by atoms with Gasteiger partial charge in [0.2, 0.25) is 0 Å². The second kappa shape index (κ2) is 8.34. The van der Waals surface area contributed by atoms with Crippen LogP contribution in [0.1, 0.15) is 40.2 Å². The zero-order chi connectivity index (χ0) is 19.8. The minimum atomic E-state index is 0.842. The topological polar surface area (TPSA) is 39.5 Å². The van der Waals surface area contributed by atoms with Gasteiger partial charge in [0.1, 0.15) is 29.5 Å². The summed E-state index contributed by atoms with van der Waals surface area (Å²) in [5.41, 5.74) is 4.20. The van der Waals surface area contributed by atoms with Crippen molar-refractivity contribution >= 4 is 33.3 Å². The molecule has 1 N–H and O–H groups in total. The van der Waals surface area contributed by atoms with Crippen molar-refractivity contribution in [2.45, 2.75) is 56.0 Å². The number of hydrogen-bond acceptors (Lipinski definition) is 5. The smallest absolute Gasteiger partial charge is 0.186 e. The van der Waals surface area contributed by atoms with Crippen molar-refractivity contribution < 1.29 is 9.64 Å². The van der Waals surface area contributed by atoms with Crippen molar-refractivity contribution in [1.82, 2.24) is 9.97 Å². The van der Waals surface area contributed by atoms with Crippen LogP contribution in [0.5, 0.6) is 0 Å². The van der Waals surface area contributed by atoms with Crippen molar-refractivity contribution in [2.75, 3.05) is 26.3 Å². The average Bonchev–Trinajstić information content (AvgIpc) is 3.10. The number of ether oxygens (including phenoxy) is 1. The average molecular weight is 427 g/mol. The number of hydrogen-bond donors (Lipinski definition) is 1. The number of benzene rings is 1. The van der Waals surface area contributed by atoms with Crippen LogP contribution in [0.4, 0.5) is 0 Å². The number of nitrogens with zero attached hydrogens (tertiary/aromatic N) is 2. The molecule has 1 aliphatic heterocycles. The van der Waals surface area contributed by atoms with Crippen LogP contribution in [0.3, 0.4) is 0 Å². The first kappa shape index (κ1) is 19.5. The van der Waals surface area contributed by atoms with Crippen LogP contribution in [0.15, 0.2) is 28.1 Å². The third kappa shape index (κ3) is 4.08. The van der Waals surface area contributed by atoms with E-state index in [1.54, 1.807) is 4.88 Å². The Bertz CT molecular complexity index is 1040. The summed E-state index contributed by atoms with van der Waals surface area (Å²) in [6, 6.07) is 6.74. The van der Waals surface area contributed by atoms with Crippen molar-refractivity contribution in [1.29, 1.82) is 0 Å². The van der Waals surface area contributed by atoms with Crippen LogP contribution >= 0.6 is 23.1 Å². The van der Waals surface area contributed by atoms with E-state index in [9.17, 15) is 0 Å². The highest BCUT2D eigenvalue weighted by Crippen LogP contribution is 2.41. The Hall–Kier alpha value is -1.47. The fourth-order valence-electron chi connectivity index (χ4n) is 4.27. The van der Waals surface area contributed by atoms with Gasteiger partial charge in [0.05, 0.1) is 13.2 Å². The Kier molecular flexibility index (Phi) is 5.61. The van der Waals surface area contributed by atoms with Crippen molar-refractivity contribution in [3.8, 4) is 0 Å². The molecule has 3 heterocycles. The fraction of sp³-hybridized carbons (Fsp3) is 0.478. The van der Waals surface area contributed by atoms with E-state index in [2.05, 4.69) is 32.0 Å². The summed E-state index contributed by atoms with van der Waals surface area (Å²) in [5, 5.41) is 2.48. The molecule has 1 fully saturated rings. The van der Waals surface area contributed by atoms with Gasteiger partial charge in [-0.25, -0.2) is 9.97 Å². The quantitative estimate of drug-likeness (QED) is 0.645. The van der Waals surface area contributed by atoms with Gasteiger partial charge in [-0.2, -0.15) is 0 Å². The lowest BCUT2D eigenvalue weighted by atomic mass is 9.97. The van der Waals surface area contributed by atoms with Gasteiger partial charge < -0.3 is 9.64 Å². The number of aryl methyl sites for hydroxylation is 4. The van der Waals surface area contributed by atoms with Crippen LogP contribution < -0.4 is 4.90 Å². The van der Waals surface area contributed by atoms with Gasteiger partial charge in [0, 0.05) is 15.2 Å². The lowest BCUT2D eigenvalue weighted by Gasteiger charge is -2.23. The van der Waals surface area contributed by atoms with Gasteiger partial charge in [-0.15, -0.1) is 11.3 Å². The maximum atomic E-state index is 5.52.